The first kappa shape index (κ1) is 25.2. The van der Waals surface area contributed by atoms with Gasteiger partial charge in [0.1, 0.15) is 0 Å². The topological polar surface area (TPSA) is 90.3 Å². The van der Waals surface area contributed by atoms with Crippen LogP contribution in [0.4, 0.5) is 5.69 Å². The molecule has 0 aliphatic carbocycles. The molecular weight excluding hydrogens is 549 g/mol. The first-order valence-electron chi connectivity index (χ1n) is 9.64. The van der Waals surface area contributed by atoms with E-state index >= 15 is 0 Å². The third-order valence-electron chi connectivity index (χ3n) is 4.64. The van der Waals surface area contributed by atoms with Gasteiger partial charge in [-0.15, -0.1) is 0 Å². The molecule has 0 saturated carbocycles. The fraction of sp³-hybridized carbons (Fsp3) is 0.130. The van der Waals surface area contributed by atoms with Crippen LogP contribution in [-0.4, -0.2) is 25.2 Å². The highest BCUT2D eigenvalue weighted by Crippen LogP contribution is 2.25. The SMILES string of the molecule is N#CCc1ccc(NC(=O)CN(Cc2ccc(Cl)c(Cl)c2)S(=O)(=O)c2ccc(Br)cc2)cc1. The Kier molecular flexibility index (Phi) is 8.51. The van der Waals surface area contributed by atoms with Gasteiger partial charge in [0, 0.05) is 16.7 Å². The second kappa shape index (κ2) is 11.1. The summed E-state index contributed by atoms with van der Waals surface area (Å²) in [6.07, 6.45) is 0.261. The Balaban J connectivity index is 1.85. The van der Waals surface area contributed by atoms with Gasteiger partial charge in [0.05, 0.1) is 34.0 Å². The van der Waals surface area contributed by atoms with Gasteiger partial charge in [-0.25, -0.2) is 8.42 Å². The molecule has 170 valence electrons. The van der Waals surface area contributed by atoms with E-state index in [0.29, 0.717) is 16.3 Å². The van der Waals surface area contributed by atoms with Crippen LogP contribution in [0.3, 0.4) is 0 Å². The smallest absolute Gasteiger partial charge is 0.243 e. The predicted molar refractivity (Wildman–Crippen MR) is 133 cm³/mol. The number of nitrogens with zero attached hydrogens (tertiary/aromatic N) is 2. The standard InChI is InChI=1S/C23H18BrCl2N3O3S/c24-18-4-8-20(9-5-18)33(31,32)29(14-17-3-10-21(25)22(26)13-17)15-23(30)28-19-6-1-16(2-7-19)11-12-27/h1-10,13H,11,14-15H2,(H,28,30). The van der Waals surface area contributed by atoms with Crippen LogP contribution in [0.5, 0.6) is 0 Å². The maximum absolute atomic E-state index is 13.3. The number of anilines is 1. The number of nitrogens with one attached hydrogen (secondary N) is 1. The maximum Gasteiger partial charge on any atom is 0.243 e. The number of carbonyl (C=O) groups is 1. The molecule has 0 heterocycles. The number of amides is 1. The summed E-state index contributed by atoms with van der Waals surface area (Å²) < 4.78 is 28.5. The van der Waals surface area contributed by atoms with Crippen LogP contribution in [0, 0.1) is 11.3 Å². The van der Waals surface area contributed by atoms with Gasteiger partial charge in [0.15, 0.2) is 0 Å². The average molecular weight is 567 g/mol. The summed E-state index contributed by atoms with van der Waals surface area (Å²) >= 11 is 15.4. The summed E-state index contributed by atoms with van der Waals surface area (Å²) in [5.41, 5.74) is 1.89. The van der Waals surface area contributed by atoms with Gasteiger partial charge < -0.3 is 5.32 Å². The van der Waals surface area contributed by atoms with Crippen molar-refractivity contribution in [2.75, 3.05) is 11.9 Å². The van der Waals surface area contributed by atoms with Crippen LogP contribution < -0.4 is 5.32 Å². The van der Waals surface area contributed by atoms with E-state index in [4.69, 9.17) is 28.5 Å². The Hall–Kier alpha value is -2.41. The monoisotopic (exact) mass is 565 g/mol. The van der Waals surface area contributed by atoms with E-state index in [1.54, 1.807) is 54.6 Å². The molecule has 1 amide bonds. The number of halogens is 3. The van der Waals surface area contributed by atoms with Crippen molar-refractivity contribution in [3.05, 3.63) is 92.4 Å². The van der Waals surface area contributed by atoms with Gasteiger partial charge >= 0.3 is 0 Å². The van der Waals surface area contributed by atoms with Gasteiger partial charge in [-0.1, -0.05) is 57.3 Å². The number of benzene rings is 3. The Morgan fingerprint density at radius 2 is 1.61 bits per heavy atom. The lowest BCUT2D eigenvalue weighted by Gasteiger charge is -2.22. The summed E-state index contributed by atoms with van der Waals surface area (Å²) in [6, 6.07) is 19.8. The quantitative estimate of drug-likeness (QED) is 0.381. The molecule has 0 unspecified atom stereocenters. The number of nitriles is 1. The van der Waals surface area contributed by atoms with E-state index in [9.17, 15) is 13.2 Å². The molecule has 0 aliphatic heterocycles. The molecule has 0 atom stereocenters. The molecule has 0 spiro atoms. The first-order chi connectivity index (χ1) is 15.7. The lowest BCUT2D eigenvalue weighted by Crippen LogP contribution is -2.37. The number of sulfonamides is 1. The molecular formula is C23H18BrCl2N3O3S. The fourth-order valence-corrected chi connectivity index (χ4v) is 4.95. The van der Waals surface area contributed by atoms with Crippen molar-refractivity contribution in [1.29, 1.82) is 5.26 Å². The second-order valence-electron chi connectivity index (χ2n) is 7.06. The molecule has 6 nitrogen and oxygen atoms in total. The van der Waals surface area contributed by atoms with Crippen molar-refractivity contribution in [3.8, 4) is 6.07 Å². The highest BCUT2D eigenvalue weighted by Gasteiger charge is 2.27. The highest BCUT2D eigenvalue weighted by molar-refractivity contribution is 9.10. The van der Waals surface area contributed by atoms with Crippen molar-refractivity contribution < 1.29 is 13.2 Å². The highest BCUT2D eigenvalue weighted by atomic mass is 79.9. The number of hydrogen-bond donors (Lipinski definition) is 1. The van der Waals surface area contributed by atoms with Crippen LogP contribution in [0.1, 0.15) is 11.1 Å². The largest absolute Gasteiger partial charge is 0.325 e. The molecule has 3 aromatic carbocycles. The molecule has 0 saturated heterocycles. The molecule has 3 rings (SSSR count). The van der Waals surface area contributed by atoms with Crippen molar-refractivity contribution in [1.82, 2.24) is 4.31 Å². The normalized spacial score (nSPS) is 11.2. The maximum atomic E-state index is 13.3. The third-order valence-corrected chi connectivity index (χ3v) is 7.71. The molecule has 0 radical (unpaired) electrons. The summed E-state index contributed by atoms with van der Waals surface area (Å²) in [5, 5.41) is 12.1. The van der Waals surface area contributed by atoms with E-state index in [-0.39, 0.29) is 22.9 Å². The Labute approximate surface area is 210 Å². The molecule has 0 bridgehead atoms. The molecule has 0 aromatic heterocycles. The van der Waals surface area contributed by atoms with E-state index in [0.717, 1.165) is 14.3 Å². The first-order valence-corrected chi connectivity index (χ1v) is 12.6. The van der Waals surface area contributed by atoms with Gasteiger partial charge in [-0.05, 0) is 59.7 Å². The lowest BCUT2D eigenvalue weighted by atomic mass is 10.1. The Bertz CT molecular complexity index is 1290. The fourth-order valence-electron chi connectivity index (χ4n) is 2.98. The third kappa shape index (κ3) is 6.79. The zero-order valence-electron chi connectivity index (χ0n) is 17.1. The zero-order chi connectivity index (χ0) is 24.0. The lowest BCUT2D eigenvalue weighted by molar-refractivity contribution is -0.116. The molecule has 0 fully saturated rings. The molecule has 1 N–H and O–H groups in total. The molecule has 3 aromatic rings. The van der Waals surface area contributed by atoms with Crippen molar-refractivity contribution in [3.63, 3.8) is 0 Å². The van der Waals surface area contributed by atoms with E-state index < -0.39 is 22.5 Å². The summed E-state index contributed by atoms with van der Waals surface area (Å²) in [4.78, 5) is 12.8. The van der Waals surface area contributed by atoms with Crippen molar-refractivity contribution >= 4 is 60.7 Å². The summed E-state index contributed by atoms with van der Waals surface area (Å²) in [6.45, 7) is -0.498. The summed E-state index contributed by atoms with van der Waals surface area (Å²) in [7, 11) is -4.00. The van der Waals surface area contributed by atoms with E-state index in [1.165, 1.54) is 12.1 Å². The summed E-state index contributed by atoms with van der Waals surface area (Å²) in [5.74, 6) is -0.510. The zero-order valence-corrected chi connectivity index (χ0v) is 21.0. The minimum Gasteiger partial charge on any atom is -0.325 e. The Morgan fingerprint density at radius 3 is 2.21 bits per heavy atom. The van der Waals surface area contributed by atoms with Crippen molar-refractivity contribution in [2.45, 2.75) is 17.9 Å². The number of rotatable bonds is 8. The Morgan fingerprint density at radius 1 is 0.970 bits per heavy atom. The molecule has 0 aliphatic rings. The minimum absolute atomic E-state index is 0.0550. The minimum atomic E-state index is -4.00. The van der Waals surface area contributed by atoms with Gasteiger partial charge in [-0.3, -0.25) is 4.79 Å². The van der Waals surface area contributed by atoms with Gasteiger partial charge in [-0.2, -0.15) is 9.57 Å². The van der Waals surface area contributed by atoms with Crippen LogP contribution in [0.25, 0.3) is 0 Å². The average Bonchev–Trinajstić information content (AvgIpc) is 2.77. The van der Waals surface area contributed by atoms with E-state index in [1.807, 2.05) is 0 Å². The van der Waals surface area contributed by atoms with Crippen LogP contribution >= 0.6 is 39.1 Å². The molecule has 33 heavy (non-hydrogen) atoms. The van der Waals surface area contributed by atoms with Crippen LogP contribution in [0.2, 0.25) is 10.0 Å². The van der Waals surface area contributed by atoms with Gasteiger partial charge in [0.25, 0.3) is 0 Å². The van der Waals surface area contributed by atoms with E-state index in [2.05, 4.69) is 27.3 Å². The number of carbonyl (C=O) groups excluding carboxylic acids is 1. The van der Waals surface area contributed by atoms with Crippen LogP contribution in [0.15, 0.2) is 76.1 Å². The van der Waals surface area contributed by atoms with Gasteiger partial charge in [0.2, 0.25) is 15.9 Å². The molecule has 10 heteroatoms. The van der Waals surface area contributed by atoms with Crippen molar-refractivity contribution in [2.24, 2.45) is 0 Å². The number of hydrogen-bond acceptors (Lipinski definition) is 4. The second-order valence-corrected chi connectivity index (χ2v) is 10.7. The van der Waals surface area contributed by atoms with Crippen LogP contribution in [-0.2, 0) is 27.8 Å². The predicted octanol–water partition coefficient (Wildman–Crippen LogP) is 5.65.